The molecule has 8 N–H and O–H groups in total. The first-order valence-electron chi connectivity index (χ1n) is 13.1. The van der Waals surface area contributed by atoms with Crippen molar-refractivity contribution in [2.45, 2.75) is 32.6 Å². The fourth-order valence-corrected chi connectivity index (χ4v) is 4.36. The topological polar surface area (TPSA) is 254 Å². The molecule has 1 heterocycles. The summed E-state index contributed by atoms with van der Waals surface area (Å²) in [5, 5.41) is 42.6. The second-order valence-corrected chi connectivity index (χ2v) is 11.4. The number of aromatic carboxylic acids is 2. The van der Waals surface area contributed by atoms with Crippen LogP contribution in [0.4, 0.5) is 36.4 Å². The Hall–Kier alpha value is -6.06. The van der Waals surface area contributed by atoms with Crippen molar-refractivity contribution in [2.75, 3.05) is 5.32 Å². The third-order valence-corrected chi connectivity index (χ3v) is 6.77. The third kappa shape index (κ3) is 13.8. The lowest BCUT2D eigenvalue weighted by atomic mass is 9.87. The van der Waals surface area contributed by atoms with E-state index in [4.69, 9.17) is 35.7 Å². The molecule has 1 amide bonds. The van der Waals surface area contributed by atoms with Crippen molar-refractivity contribution >= 4 is 58.6 Å². The molecule has 276 valence electrons. The van der Waals surface area contributed by atoms with Crippen LogP contribution in [0, 0.1) is 16.6 Å². The number of amidine groups is 1. The van der Waals surface area contributed by atoms with Gasteiger partial charge in [-0.3, -0.25) is 10.2 Å². The molecule has 0 bridgehead atoms. The van der Waals surface area contributed by atoms with Crippen molar-refractivity contribution in [1.29, 1.82) is 5.41 Å². The highest BCUT2D eigenvalue weighted by Crippen LogP contribution is 2.30. The number of carbonyl (C=O) groups is 6. The number of carboxylic acid groups (broad SMARTS) is 4. The maximum Gasteiger partial charge on any atom is 0.490 e. The fourth-order valence-electron chi connectivity index (χ4n) is 3.25. The molecular formula is C29H24F7N3O11S. The van der Waals surface area contributed by atoms with Gasteiger partial charge in [0, 0.05) is 21.5 Å². The van der Waals surface area contributed by atoms with Crippen molar-refractivity contribution in [1.82, 2.24) is 0 Å². The summed E-state index contributed by atoms with van der Waals surface area (Å²) in [6.07, 6.45) is -9.98. The Morgan fingerprint density at radius 1 is 0.784 bits per heavy atom. The van der Waals surface area contributed by atoms with Gasteiger partial charge >= 0.3 is 42.2 Å². The molecule has 51 heavy (non-hydrogen) atoms. The molecular weight excluding hydrogens is 731 g/mol. The van der Waals surface area contributed by atoms with Gasteiger partial charge in [0.2, 0.25) is 5.91 Å². The van der Waals surface area contributed by atoms with E-state index in [1.165, 1.54) is 18.2 Å². The maximum atomic E-state index is 14.2. The van der Waals surface area contributed by atoms with E-state index in [1.54, 1.807) is 19.9 Å². The second-order valence-electron chi connectivity index (χ2n) is 10.2. The summed E-state index contributed by atoms with van der Waals surface area (Å²) in [4.78, 5) is 66.6. The number of anilines is 1. The molecule has 22 heteroatoms. The number of ether oxygens (including phenoxy) is 1. The number of alkyl halides is 6. The number of aliphatic carboxylic acids is 2. The van der Waals surface area contributed by atoms with Gasteiger partial charge in [0.1, 0.15) is 10.7 Å². The van der Waals surface area contributed by atoms with E-state index in [9.17, 15) is 60.1 Å². The molecule has 0 unspecified atom stereocenters. The van der Waals surface area contributed by atoms with Gasteiger partial charge in [-0.2, -0.15) is 26.3 Å². The molecule has 0 atom stereocenters. The SMILES string of the molecule is CC(C)(Cc1ccc(C(=O)Oc2ccc(C(=N)N)cc2F)s1)C(=O)Nc1cc(C(=O)O)cc(C(=O)O)c1.O=C(O)C(F)(F)F.O=C(O)C(F)(F)F. The first kappa shape index (κ1) is 43.0. The molecule has 3 rings (SSSR count). The number of halogens is 7. The summed E-state index contributed by atoms with van der Waals surface area (Å²) >= 11 is 1.05. The largest absolute Gasteiger partial charge is 0.490 e. The van der Waals surface area contributed by atoms with Crippen LogP contribution in [-0.2, 0) is 20.8 Å². The van der Waals surface area contributed by atoms with Crippen LogP contribution in [0.25, 0.3) is 0 Å². The lowest BCUT2D eigenvalue weighted by molar-refractivity contribution is -0.193. The summed E-state index contributed by atoms with van der Waals surface area (Å²) in [5.74, 6) is -11.0. The van der Waals surface area contributed by atoms with Crippen molar-refractivity contribution in [3.8, 4) is 5.75 Å². The molecule has 0 radical (unpaired) electrons. The van der Waals surface area contributed by atoms with Gasteiger partial charge in [-0.05, 0) is 55.0 Å². The molecule has 0 aliphatic heterocycles. The highest BCUT2D eigenvalue weighted by atomic mass is 32.1. The Morgan fingerprint density at radius 3 is 1.65 bits per heavy atom. The zero-order valence-corrected chi connectivity index (χ0v) is 26.4. The average Bonchev–Trinajstić information content (AvgIpc) is 3.45. The number of thiophene rings is 1. The number of amides is 1. The number of hydrogen-bond acceptors (Lipinski definition) is 9. The summed E-state index contributed by atoms with van der Waals surface area (Å²) < 4.78 is 82.8. The molecule has 3 aromatic rings. The number of hydrogen-bond donors (Lipinski definition) is 7. The summed E-state index contributed by atoms with van der Waals surface area (Å²) in [7, 11) is 0. The minimum Gasteiger partial charge on any atom is -0.478 e. The monoisotopic (exact) mass is 755 g/mol. The number of nitrogen functional groups attached to an aromatic ring is 1. The predicted octanol–water partition coefficient (Wildman–Crippen LogP) is 5.26. The first-order valence-corrected chi connectivity index (χ1v) is 14.0. The Morgan fingerprint density at radius 2 is 1.25 bits per heavy atom. The minimum absolute atomic E-state index is 0.0173. The molecule has 0 aliphatic carbocycles. The lowest BCUT2D eigenvalue weighted by Gasteiger charge is -2.23. The van der Waals surface area contributed by atoms with Crippen LogP contribution >= 0.6 is 11.3 Å². The van der Waals surface area contributed by atoms with Crippen molar-refractivity contribution in [2.24, 2.45) is 11.1 Å². The van der Waals surface area contributed by atoms with Gasteiger partial charge < -0.3 is 36.2 Å². The highest BCUT2D eigenvalue weighted by Gasteiger charge is 2.39. The van der Waals surface area contributed by atoms with Crippen molar-refractivity contribution in [3.05, 3.63) is 80.8 Å². The summed E-state index contributed by atoms with van der Waals surface area (Å²) in [6.45, 7) is 3.26. The van der Waals surface area contributed by atoms with Gasteiger partial charge in [0.15, 0.2) is 11.6 Å². The van der Waals surface area contributed by atoms with Crippen LogP contribution in [0.3, 0.4) is 0 Å². The van der Waals surface area contributed by atoms with Crippen LogP contribution < -0.4 is 15.8 Å². The molecule has 0 spiro atoms. The average molecular weight is 756 g/mol. The molecule has 0 saturated heterocycles. The minimum atomic E-state index is -5.08. The summed E-state index contributed by atoms with van der Waals surface area (Å²) in [5.41, 5.74) is 3.86. The number of esters is 1. The van der Waals surface area contributed by atoms with Crippen molar-refractivity contribution in [3.63, 3.8) is 0 Å². The van der Waals surface area contributed by atoms with E-state index in [1.807, 2.05) is 0 Å². The Bertz CT molecular complexity index is 1780. The molecule has 2 aromatic carbocycles. The molecule has 0 fully saturated rings. The number of carboxylic acids is 4. The van der Waals surface area contributed by atoms with Crippen LogP contribution in [-0.4, -0.2) is 74.4 Å². The molecule has 1 aromatic heterocycles. The number of nitrogens with two attached hydrogens (primary N) is 1. The lowest BCUT2D eigenvalue weighted by Crippen LogP contribution is -2.32. The zero-order chi connectivity index (χ0) is 39.6. The van der Waals surface area contributed by atoms with Crippen molar-refractivity contribution < 1.29 is 84.7 Å². The number of nitrogens with one attached hydrogen (secondary N) is 2. The Labute approximate surface area is 284 Å². The quantitative estimate of drug-likeness (QED) is 0.0485. The maximum absolute atomic E-state index is 14.2. The molecule has 0 aliphatic rings. The van der Waals surface area contributed by atoms with Gasteiger partial charge in [0.05, 0.1) is 11.1 Å². The van der Waals surface area contributed by atoms with Gasteiger partial charge in [-0.25, -0.2) is 28.4 Å². The highest BCUT2D eigenvalue weighted by molar-refractivity contribution is 7.14. The normalized spacial score (nSPS) is 11.1. The van der Waals surface area contributed by atoms with E-state index >= 15 is 0 Å². The second kappa shape index (κ2) is 17.0. The fraction of sp³-hybridized carbons (Fsp3) is 0.207. The van der Waals surface area contributed by atoms with E-state index in [2.05, 4.69) is 5.32 Å². The molecule has 14 nitrogen and oxygen atoms in total. The van der Waals surface area contributed by atoms with E-state index in [0.717, 1.165) is 35.6 Å². The van der Waals surface area contributed by atoms with Crippen LogP contribution in [0.5, 0.6) is 5.75 Å². The number of carbonyl (C=O) groups excluding carboxylic acids is 2. The van der Waals surface area contributed by atoms with Gasteiger partial charge in [0.25, 0.3) is 0 Å². The Kier molecular flexibility index (Phi) is 14.4. The van der Waals surface area contributed by atoms with E-state index in [0.29, 0.717) is 4.88 Å². The predicted molar refractivity (Wildman–Crippen MR) is 161 cm³/mol. The first-order chi connectivity index (χ1) is 23.1. The van der Waals surface area contributed by atoms with Crippen LogP contribution in [0.2, 0.25) is 0 Å². The summed E-state index contributed by atoms with van der Waals surface area (Å²) in [6, 6.07) is 9.93. The number of rotatable bonds is 9. The van der Waals surface area contributed by atoms with Gasteiger partial charge in [-0.15, -0.1) is 11.3 Å². The zero-order valence-electron chi connectivity index (χ0n) is 25.6. The van der Waals surface area contributed by atoms with Gasteiger partial charge in [-0.1, -0.05) is 13.8 Å². The van der Waals surface area contributed by atoms with E-state index < -0.39 is 59.3 Å². The smallest absolute Gasteiger partial charge is 0.478 e. The Balaban J connectivity index is 0.000000780. The van der Waals surface area contributed by atoms with E-state index in [-0.39, 0.29) is 45.3 Å². The van der Waals surface area contributed by atoms with Crippen LogP contribution in [0.15, 0.2) is 48.5 Å². The molecule has 0 saturated carbocycles. The number of benzene rings is 2. The third-order valence-electron chi connectivity index (χ3n) is 5.71. The standard InChI is InChI=1S/C25H22FN3O7S.2C2HF3O2/c1-25(2,24(35)29-15-8-13(21(30)31)7-14(9-15)22(32)33)11-16-4-6-19(37-16)23(34)36-18-5-3-12(20(27)28)10-17(18)26;2*3-2(4,5)1(6)7/h3-10H,11H2,1-2H3,(H3,27,28)(H,29,35)(H,30,31)(H,32,33);2*(H,6,7). The van der Waals surface area contributed by atoms with Crippen LogP contribution in [0.1, 0.15) is 54.7 Å².